The van der Waals surface area contributed by atoms with Crippen molar-refractivity contribution in [3.8, 4) is 0 Å². The van der Waals surface area contributed by atoms with Gasteiger partial charge < -0.3 is 14.0 Å². The average Bonchev–Trinajstić information content (AvgIpc) is 3.28. The third kappa shape index (κ3) is 4.08. The normalized spacial score (nSPS) is 36.9. The number of phosphoric acid groups is 1. The molecule has 0 aromatic carbocycles. The maximum absolute atomic E-state index is 13.4. The molecule has 1 aliphatic heterocycles. The molecule has 5 atom stereocenters. The number of ether oxygens (including phenoxy) is 2. The topological polar surface area (TPSA) is 63.2 Å². The molecule has 2 fully saturated rings. The lowest BCUT2D eigenvalue weighted by atomic mass is 9.58. The molecule has 4 rings (SSSR count). The molecule has 0 N–H and O–H groups in total. The molecule has 0 radical (unpaired) electrons. The molecular formula is C24H39O6P. The van der Waals surface area contributed by atoms with Crippen molar-refractivity contribution in [1.82, 2.24) is 0 Å². The molecule has 7 heteroatoms. The fraction of sp³-hybridized carbons (Fsp3) is 0.833. The second-order valence-corrected chi connectivity index (χ2v) is 11.5. The van der Waals surface area contributed by atoms with Crippen LogP contribution in [0.15, 0.2) is 24.0 Å². The van der Waals surface area contributed by atoms with Crippen molar-refractivity contribution in [1.29, 1.82) is 0 Å². The SMILES string of the molecule is CCOP(=O)(OCC)OC1=CC2C(C=CCCC23OCCO3)[C@@H]2[C@@H](C(C)C)CC[C@]12C. The predicted molar refractivity (Wildman–Crippen MR) is 119 cm³/mol. The van der Waals surface area contributed by atoms with E-state index in [-0.39, 0.29) is 24.5 Å². The lowest BCUT2D eigenvalue weighted by Gasteiger charge is -2.50. The van der Waals surface area contributed by atoms with Gasteiger partial charge in [-0.15, -0.1) is 0 Å². The van der Waals surface area contributed by atoms with Crippen LogP contribution < -0.4 is 0 Å². The van der Waals surface area contributed by atoms with E-state index in [0.717, 1.165) is 31.4 Å². The Balaban J connectivity index is 1.81. The maximum atomic E-state index is 13.4. The van der Waals surface area contributed by atoms with Crippen LogP contribution in [-0.2, 0) is 27.6 Å². The first-order valence-electron chi connectivity index (χ1n) is 12.0. The molecule has 0 aromatic rings. The van der Waals surface area contributed by atoms with Crippen molar-refractivity contribution < 1.29 is 27.6 Å². The summed E-state index contributed by atoms with van der Waals surface area (Å²) in [6.45, 7) is 12.3. The minimum absolute atomic E-state index is 0.0119. The van der Waals surface area contributed by atoms with E-state index in [1.54, 1.807) is 13.8 Å². The van der Waals surface area contributed by atoms with Crippen LogP contribution in [0, 0.1) is 35.0 Å². The summed E-state index contributed by atoms with van der Waals surface area (Å²) in [6.07, 6.45) is 10.7. The number of fused-ring (bicyclic) bond motifs is 4. The molecule has 176 valence electrons. The Morgan fingerprint density at radius 2 is 1.84 bits per heavy atom. The molecule has 1 saturated carbocycles. The zero-order chi connectivity index (χ0) is 22.3. The standard InChI is InChI=1S/C24H39O6P/c1-6-28-31(25,29-7-2)30-21-16-20-19(10-8-9-12-24(20)26-14-15-27-24)22-18(17(3)4)11-13-23(21,22)5/h8,10,16-20,22H,6-7,9,11-15H2,1-5H3/t18-,19?,20?,22+,23-/m1/s1. The second-order valence-electron chi connectivity index (χ2n) is 9.87. The molecule has 1 saturated heterocycles. The first kappa shape index (κ1) is 23.5. The molecule has 0 amide bonds. The number of allylic oxidation sites excluding steroid dienone is 3. The molecule has 0 bridgehead atoms. The van der Waals surface area contributed by atoms with Crippen LogP contribution in [0.5, 0.6) is 0 Å². The third-order valence-electron chi connectivity index (χ3n) is 7.86. The number of phosphoric ester groups is 1. The van der Waals surface area contributed by atoms with Gasteiger partial charge >= 0.3 is 7.82 Å². The van der Waals surface area contributed by atoms with Crippen LogP contribution in [0.1, 0.15) is 60.3 Å². The largest absolute Gasteiger partial charge is 0.529 e. The van der Waals surface area contributed by atoms with Crippen molar-refractivity contribution in [3.05, 3.63) is 24.0 Å². The minimum atomic E-state index is -3.69. The van der Waals surface area contributed by atoms with Gasteiger partial charge in [-0.1, -0.05) is 32.9 Å². The first-order chi connectivity index (χ1) is 14.8. The average molecular weight is 455 g/mol. The van der Waals surface area contributed by atoms with Crippen LogP contribution >= 0.6 is 7.82 Å². The van der Waals surface area contributed by atoms with E-state index in [0.29, 0.717) is 36.9 Å². The van der Waals surface area contributed by atoms with Gasteiger partial charge in [0.15, 0.2) is 5.79 Å². The first-order valence-corrected chi connectivity index (χ1v) is 13.5. The van der Waals surface area contributed by atoms with Crippen molar-refractivity contribution in [3.63, 3.8) is 0 Å². The molecule has 0 aromatic heterocycles. The van der Waals surface area contributed by atoms with Crippen LogP contribution in [0.25, 0.3) is 0 Å². The van der Waals surface area contributed by atoms with E-state index in [2.05, 4.69) is 39.0 Å². The van der Waals surface area contributed by atoms with E-state index < -0.39 is 13.6 Å². The van der Waals surface area contributed by atoms with Crippen LogP contribution in [0.4, 0.5) is 0 Å². The fourth-order valence-corrected chi connectivity index (χ4v) is 7.87. The van der Waals surface area contributed by atoms with Crippen molar-refractivity contribution in [2.45, 2.75) is 66.1 Å². The Kier molecular flexibility index (Phi) is 6.78. The van der Waals surface area contributed by atoms with Gasteiger partial charge in [0.2, 0.25) is 0 Å². The summed E-state index contributed by atoms with van der Waals surface area (Å²) in [5, 5.41) is 0. The highest BCUT2D eigenvalue weighted by molar-refractivity contribution is 7.48. The van der Waals surface area contributed by atoms with E-state index in [1.165, 1.54) is 0 Å². The second kappa shape index (κ2) is 8.95. The van der Waals surface area contributed by atoms with E-state index in [1.807, 2.05) is 0 Å². The quantitative estimate of drug-likeness (QED) is 0.342. The van der Waals surface area contributed by atoms with Crippen LogP contribution in [-0.4, -0.2) is 32.2 Å². The fourth-order valence-electron chi connectivity index (χ4n) is 6.55. The highest BCUT2D eigenvalue weighted by Crippen LogP contribution is 2.66. The minimum Gasteiger partial charge on any atom is -0.408 e. The summed E-state index contributed by atoms with van der Waals surface area (Å²) < 4.78 is 43.2. The molecule has 1 spiro atoms. The molecule has 1 heterocycles. The summed E-state index contributed by atoms with van der Waals surface area (Å²) in [5.41, 5.74) is -0.228. The van der Waals surface area contributed by atoms with Crippen LogP contribution in [0.3, 0.4) is 0 Å². The molecule has 4 aliphatic rings. The smallest absolute Gasteiger partial charge is 0.408 e. The summed E-state index contributed by atoms with van der Waals surface area (Å²) in [6, 6.07) is 0. The van der Waals surface area contributed by atoms with Crippen molar-refractivity contribution in [2.24, 2.45) is 35.0 Å². The van der Waals surface area contributed by atoms with Crippen molar-refractivity contribution >= 4 is 7.82 Å². The van der Waals surface area contributed by atoms with Gasteiger partial charge in [0.25, 0.3) is 0 Å². The van der Waals surface area contributed by atoms with Gasteiger partial charge in [0.05, 0.1) is 26.4 Å². The summed E-state index contributed by atoms with van der Waals surface area (Å²) in [5.74, 6) is 1.86. The maximum Gasteiger partial charge on any atom is 0.529 e. The Morgan fingerprint density at radius 1 is 1.16 bits per heavy atom. The Hall–Kier alpha value is -0.650. The molecule has 6 nitrogen and oxygen atoms in total. The van der Waals surface area contributed by atoms with Crippen molar-refractivity contribution in [2.75, 3.05) is 26.4 Å². The number of hydrogen-bond donors (Lipinski definition) is 0. The summed E-state index contributed by atoms with van der Waals surface area (Å²) >= 11 is 0. The molecule has 3 aliphatic carbocycles. The monoisotopic (exact) mass is 454 g/mol. The zero-order valence-corrected chi connectivity index (χ0v) is 20.6. The van der Waals surface area contributed by atoms with Gasteiger partial charge in [0.1, 0.15) is 5.76 Å². The Morgan fingerprint density at radius 3 is 2.45 bits per heavy atom. The summed E-state index contributed by atoms with van der Waals surface area (Å²) in [4.78, 5) is 0. The lowest BCUT2D eigenvalue weighted by molar-refractivity contribution is -0.204. The summed E-state index contributed by atoms with van der Waals surface area (Å²) in [7, 11) is -3.69. The Labute approximate surface area is 187 Å². The van der Waals surface area contributed by atoms with Crippen LogP contribution in [0.2, 0.25) is 0 Å². The van der Waals surface area contributed by atoms with Gasteiger partial charge in [-0.05, 0) is 62.9 Å². The third-order valence-corrected chi connectivity index (χ3v) is 9.43. The van der Waals surface area contributed by atoms with Gasteiger partial charge in [-0.3, -0.25) is 9.05 Å². The Bertz CT molecular complexity index is 745. The van der Waals surface area contributed by atoms with E-state index in [9.17, 15) is 4.57 Å². The van der Waals surface area contributed by atoms with E-state index in [4.69, 9.17) is 23.0 Å². The highest BCUT2D eigenvalue weighted by atomic mass is 31.2. The highest BCUT2D eigenvalue weighted by Gasteiger charge is 2.61. The molecule has 31 heavy (non-hydrogen) atoms. The van der Waals surface area contributed by atoms with E-state index >= 15 is 0 Å². The molecule has 2 unspecified atom stereocenters. The lowest BCUT2D eigenvalue weighted by Crippen LogP contribution is -2.50. The zero-order valence-electron chi connectivity index (χ0n) is 19.7. The van der Waals surface area contributed by atoms with Gasteiger partial charge in [0, 0.05) is 17.8 Å². The predicted octanol–water partition coefficient (Wildman–Crippen LogP) is 6.10. The molecular weight excluding hydrogens is 415 g/mol. The van der Waals surface area contributed by atoms with Gasteiger partial charge in [-0.2, -0.15) is 0 Å². The van der Waals surface area contributed by atoms with Gasteiger partial charge in [-0.25, -0.2) is 4.57 Å². The number of rotatable bonds is 7. The number of hydrogen-bond acceptors (Lipinski definition) is 6.